The molecule has 0 spiro atoms. The maximum absolute atomic E-state index is 12.9. The fourth-order valence-corrected chi connectivity index (χ4v) is 15.2. The molecule has 5 saturated heterocycles. The van der Waals surface area contributed by atoms with Crippen LogP contribution in [0.15, 0.2) is 0 Å². The molecule has 0 aromatic rings. The zero-order chi connectivity index (χ0) is 32.9. The molecule has 9 fully saturated rings. The molecule has 272 valence electrons. The van der Waals surface area contributed by atoms with Crippen LogP contribution in [-0.2, 0) is 20.2 Å². The van der Waals surface area contributed by atoms with Crippen molar-refractivity contribution in [2.24, 2.45) is 47.3 Å². The topological polar surface area (TPSA) is 205 Å². The lowest BCUT2D eigenvalue weighted by Gasteiger charge is -2.38. The fourth-order valence-electron chi connectivity index (χ4n) is 12.7. The Morgan fingerprint density at radius 2 is 0.583 bits per heavy atom. The van der Waals surface area contributed by atoms with E-state index in [4.69, 9.17) is 0 Å². The second-order valence-electron chi connectivity index (χ2n) is 16.8. The van der Waals surface area contributed by atoms with Gasteiger partial charge < -0.3 is 0 Å². The molecule has 18 atom stereocenters. The molecule has 10 N–H and O–H groups in total. The van der Waals surface area contributed by atoms with E-state index in [1.807, 2.05) is 0 Å². The van der Waals surface area contributed by atoms with E-state index in [1.165, 1.54) is 25.7 Å². The Kier molecular flexibility index (Phi) is 8.73. The Labute approximate surface area is 285 Å². The first kappa shape index (κ1) is 33.3. The Balaban J connectivity index is 1.10. The lowest BCUT2D eigenvalue weighted by atomic mass is 9.76. The van der Waals surface area contributed by atoms with E-state index in [0.717, 1.165) is 38.5 Å². The van der Waals surface area contributed by atoms with Gasteiger partial charge in [0.25, 0.3) is 20.2 Å². The molecular weight excluding hydrogens is 657 g/mol. The lowest BCUT2D eigenvalue weighted by Crippen LogP contribution is -2.62. The van der Waals surface area contributed by atoms with E-state index in [2.05, 4.69) is 42.5 Å². The maximum Gasteiger partial charge on any atom is 0.268 e. The van der Waals surface area contributed by atoms with Crippen molar-refractivity contribution in [2.45, 2.75) is 150 Å². The largest absolute Gasteiger partial charge is 0.286 e. The minimum Gasteiger partial charge on any atom is -0.286 e. The van der Waals surface area contributed by atoms with Crippen LogP contribution in [0, 0.1) is 47.3 Å². The van der Waals surface area contributed by atoms with E-state index >= 15 is 0 Å². The molecule has 5 heterocycles. The van der Waals surface area contributed by atoms with Crippen molar-refractivity contribution in [1.82, 2.24) is 42.5 Å². The van der Waals surface area contributed by atoms with Gasteiger partial charge in [0.15, 0.2) is 0 Å². The molecule has 14 nitrogen and oxygen atoms in total. The van der Waals surface area contributed by atoms with Gasteiger partial charge >= 0.3 is 0 Å². The minimum atomic E-state index is -4.27. The number of hydrogen-bond donors (Lipinski definition) is 10. The Bertz CT molecular complexity index is 1340. The van der Waals surface area contributed by atoms with Gasteiger partial charge in [0.1, 0.15) is 0 Å². The Morgan fingerprint density at radius 3 is 0.875 bits per heavy atom. The molecule has 5 aliphatic heterocycles. The van der Waals surface area contributed by atoms with Crippen LogP contribution in [0.4, 0.5) is 0 Å². The van der Waals surface area contributed by atoms with Crippen LogP contribution in [0.25, 0.3) is 0 Å². The van der Waals surface area contributed by atoms with Gasteiger partial charge in [-0.3, -0.25) is 51.6 Å². The second kappa shape index (κ2) is 12.6. The van der Waals surface area contributed by atoms with Crippen LogP contribution in [0.1, 0.15) is 89.9 Å². The zero-order valence-electron chi connectivity index (χ0n) is 27.6. The van der Waals surface area contributed by atoms with E-state index < -0.39 is 30.7 Å². The first-order chi connectivity index (χ1) is 23.0. The highest BCUT2D eigenvalue weighted by Gasteiger charge is 2.58. The standard InChI is InChI=1S/C32H56N8O6S2/c41-47(42,43)21-13-5-11-19-23(21)31-37-27-17-9-3-1-7-15(17)25(34-27)33-26-16-8-2-4-10-18(16)28(35-26)38-32-24-20(30(40-32)36-29(19)39-31)12-6-14-22(24)48(44,45)46/h15-40H,1-14H2,(H,41,42,43)(H,44,45,46). The number of fused-ring (bicyclic) bond motifs is 20. The van der Waals surface area contributed by atoms with Crippen LogP contribution in [0.5, 0.6) is 0 Å². The van der Waals surface area contributed by atoms with Crippen molar-refractivity contribution < 1.29 is 25.9 Å². The monoisotopic (exact) mass is 712 g/mol. The third-order valence-corrected chi connectivity index (χ3v) is 17.3. The molecule has 18 unspecified atom stereocenters. The SMILES string of the molecule is O=S(=O)(O)C1CCCC2C3NC4NC(NC5NC(NC6NC(NC(N3)C21)C1CCCCC61)C1CCCCC51)C1C4CCCC1S(=O)(=O)O. The van der Waals surface area contributed by atoms with Gasteiger partial charge in [0, 0.05) is 11.8 Å². The van der Waals surface area contributed by atoms with Gasteiger partial charge in [0.05, 0.1) is 59.8 Å². The Morgan fingerprint density at radius 1 is 0.333 bits per heavy atom. The fraction of sp³-hybridized carbons (Fsp3) is 1.00. The molecule has 4 saturated carbocycles. The average Bonchev–Trinajstić information content (AvgIpc) is 3.79. The number of rotatable bonds is 2. The first-order valence-corrected chi connectivity index (χ1v) is 22.1. The molecule has 16 heteroatoms. The van der Waals surface area contributed by atoms with Gasteiger partial charge in [-0.15, -0.1) is 0 Å². The van der Waals surface area contributed by atoms with Crippen LogP contribution in [0.3, 0.4) is 0 Å². The molecule has 0 radical (unpaired) electrons. The van der Waals surface area contributed by atoms with E-state index in [0.29, 0.717) is 49.4 Å². The van der Waals surface area contributed by atoms with Crippen molar-refractivity contribution >= 4 is 20.2 Å². The summed E-state index contributed by atoms with van der Waals surface area (Å²) in [6.45, 7) is 0. The summed E-state index contributed by atoms with van der Waals surface area (Å²) >= 11 is 0. The third kappa shape index (κ3) is 5.72. The third-order valence-electron chi connectivity index (χ3n) is 14.6. The van der Waals surface area contributed by atoms with Crippen molar-refractivity contribution in [3.05, 3.63) is 0 Å². The summed E-state index contributed by atoms with van der Waals surface area (Å²) in [5.41, 5.74) is 0. The second-order valence-corrected chi connectivity index (χ2v) is 20.1. The van der Waals surface area contributed by atoms with Gasteiger partial charge in [0.2, 0.25) is 0 Å². The summed E-state index contributed by atoms with van der Waals surface area (Å²) < 4.78 is 72.5. The quantitative estimate of drug-likeness (QED) is 0.176. The highest BCUT2D eigenvalue weighted by Crippen LogP contribution is 2.47. The first-order valence-electron chi connectivity index (χ1n) is 19.1. The summed E-state index contributed by atoms with van der Waals surface area (Å²) in [5.74, 6) is 1.03. The Hall–Kier alpha value is -0.500. The van der Waals surface area contributed by atoms with Crippen LogP contribution in [0.2, 0.25) is 0 Å². The zero-order valence-corrected chi connectivity index (χ0v) is 29.3. The molecule has 4 aliphatic carbocycles. The predicted octanol–water partition coefficient (Wildman–Crippen LogP) is 0.338. The molecule has 9 aliphatic rings. The summed E-state index contributed by atoms with van der Waals surface area (Å²) in [6.07, 6.45) is 12.4. The van der Waals surface area contributed by atoms with Gasteiger partial charge in [-0.1, -0.05) is 38.5 Å². The molecular formula is C32H56N8O6S2. The highest BCUT2D eigenvalue weighted by molar-refractivity contribution is 7.86. The van der Waals surface area contributed by atoms with Gasteiger partial charge in [-0.25, -0.2) is 0 Å². The highest BCUT2D eigenvalue weighted by atomic mass is 32.2. The van der Waals surface area contributed by atoms with Gasteiger partial charge in [-0.2, -0.15) is 16.8 Å². The number of hydrogen-bond acceptors (Lipinski definition) is 12. The molecule has 0 aromatic carbocycles. The van der Waals surface area contributed by atoms with Crippen LogP contribution in [-0.4, -0.2) is 85.8 Å². The predicted molar refractivity (Wildman–Crippen MR) is 179 cm³/mol. The molecule has 0 aromatic heterocycles. The smallest absolute Gasteiger partial charge is 0.268 e. The lowest BCUT2D eigenvalue weighted by molar-refractivity contribution is 0.167. The molecule has 8 bridgehead atoms. The van der Waals surface area contributed by atoms with E-state index in [1.54, 1.807) is 0 Å². The van der Waals surface area contributed by atoms with Crippen molar-refractivity contribution in [1.29, 1.82) is 0 Å². The van der Waals surface area contributed by atoms with Crippen LogP contribution < -0.4 is 42.5 Å². The summed E-state index contributed by atoms with van der Waals surface area (Å²) in [6, 6.07) is 0. The van der Waals surface area contributed by atoms with Crippen LogP contribution >= 0.6 is 0 Å². The van der Waals surface area contributed by atoms with Crippen molar-refractivity contribution in [2.75, 3.05) is 0 Å². The average molecular weight is 713 g/mol. The van der Waals surface area contributed by atoms with E-state index in [-0.39, 0.29) is 73.0 Å². The minimum absolute atomic E-state index is 0.00582. The molecule has 0 amide bonds. The molecule has 9 rings (SSSR count). The van der Waals surface area contributed by atoms with Crippen molar-refractivity contribution in [3.63, 3.8) is 0 Å². The molecule has 48 heavy (non-hydrogen) atoms. The van der Waals surface area contributed by atoms with Crippen molar-refractivity contribution in [3.8, 4) is 0 Å². The van der Waals surface area contributed by atoms with E-state index in [9.17, 15) is 25.9 Å². The maximum atomic E-state index is 12.9. The summed E-state index contributed by atoms with van der Waals surface area (Å²) in [4.78, 5) is 0. The number of nitrogens with one attached hydrogen (secondary N) is 8. The summed E-state index contributed by atoms with van der Waals surface area (Å²) in [5, 5.41) is 29.5. The normalized spacial score (nSPS) is 53.8. The van der Waals surface area contributed by atoms with Gasteiger partial charge in [-0.05, 0) is 86.9 Å². The summed E-state index contributed by atoms with van der Waals surface area (Å²) in [7, 11) is -8.55.